The Hall–Kier alpha value is -1.84. The van der Waals surface area contributed by atoms with Crippen LogP contribution in [-0.4, -0.2) is 24.0 Å². The first-order chi connectivity index (χ1) is 8.59. The van der Waals surface area contributed by atoms with Gasteiger partial charge >= 0.3 is 5.97 Å². The maximum atomic E-state index is 12.3. The van der Waals surface area contributed by atoms with E-state index in [1.165, 1.54) is 18.7 Å². The third kappa shape index (κ3) is 2.78. The molecule has 0 aromatic heterocycles. The van der Waals surface area contributed by atoms with E-state index in [0.29, 0.717) is 0 Å². The molecule has 4 heteroatoms. The SMILES string of the molecule is Cc1cc(C)c(N(C)C(=O)C(C)(C)C(=O)O)cc1C. The van der Waals surface area contributed by atoms with E-state index in [1.54, 1.807) is 7.05 Å². The van der Waals surface area contributed by atoms with Crippen LogP contribution in [0.5, 0.6) is 0 Å². The molecule has 0 saturated carbocycles. The van der Waals surface area contributed by atoms with Gasteiger partial charge in [0.2, 0.25) is 5.91 Å². The van der Waals surface area contributed by atoms with Gasteiger partial charge in [-0.25, -0.2) is 0 Å². The van der Waals surface area contributed by atoms with Crippen molar-refractivity contribution in [3.05, 3.63) is 28.8 Å². The van der Waals surface area contributed by atoms with Gasteiger partial charge in [-0.15, -0.1) is 0 Å². The van der Waals surface area contributed by atoms with Crippen molar-refractivity contribution in [3.63, 3.8) is 0 Å². The van der Waals surface area contributed by atoms with Gasteiger partial charge in [-0.2, -0.15) is 0 Å². The highest BCUT2D eigenvalue weighted by Gasteiger charge is 2.38. The zero-order valence-electron chi connectivity index (χ0n) is 12.4. The van der Waals surface area contributed by atoms with Crippen molar-refractivity contribution >= 4 is 17.6 Å². The first-order valence-corrected chi connectivity index (χ1v) is 6.18. The molecular weight excluding hydrogens is 242 g/mol. The lowest BCUT2D eigenvalue weighted by Gasteiger charge is -2.27. The van der Waals surface area contributed by atoms with E-state index in [1.807, 2.05) is 32.9 Å². The largest absolute Gasteiger partial charge is 0.480 e. The fraction of sp³-hybridized carbons (Fsp3) is 0.467. The molecule has 1 aromatic rings. The average molecular weight is 263 g/mol. The lowest BCUT2D eigenvalue weighted by molar-refractivity contribution is -0.152. The summed E-state index contributed by atoms with van der Waals surface area (Å²) in [5, 5.41) is 9.13. The van der Waals surface area contributed by atoms with Crippen molar-refractivity contribution in [2.45, 2.75) is 34.6 Å². The van der Waals surface area contributed by atoms with Crippen LogP contribution in [0, 0.1) is 26.2 Å². The number of anilines is 1. The van der Waals surface area contributed by atoms with Crippen LogP contribution in [-0.2, 0) is 9.59 Å². The number of carboxylic acids is 1. The topological polar surface area (TPSA) is 57.6 Å². The number of hydrogen-bond acceptors (Lipinski definition) is 2. The highest BCUT2D eigenvalue weighted by molar-refractivity contribution is 6.08. The molecule has 0 aliphatic heterocycles. The predicted molar refractivity (Wildman–Crippen MR) is 75.5 cm³/mol. The van der Waals surface area contributed by atoms with Crippen LogP contribution < -0.4 is 4.90 Å². The molecule has 0 bridgehead atoms. The lowest BCUT2D eigenvalue weighted by Crippen LogP contribution is -2.43. The average Bonchev–Trinajstić information content (AvgIpc) is 2.31. The second-order valence-electron chi connectivity index (χ2n) is 5.52. The summed E-state index contributed by atoms with van der Waals surface area (Å²) in [5.74, 6) is -1.54. The minimum atomic E-state index is -1.43. The molecule has 104 valence electrons. The highest BCUT2D eigenvalue weighted by Crippen LogP contribution is 2.27. The van der Waals surface area contributed by atoms with Gasteiger partial charge in [-0.1, -0.05) is 6.07 Å². The van der Waals surface area contributed by atoms with Crippen molar-refractivity contribution in [2.24, 2.45) is 5.41 Å². The van der Waals surface area contributed by atoms with Crippen molar-refractivity contribution in [1.82, 2.24) is 0 Å². The zero-order chi connectivity index (χ0) is 15.0. The molecule has 1 aromatic carbocycles. The molecule has 0 heterocycles. The summed E-state index contributed by atoms with van der Waals surface area (Å²) in [4.78, 5) is 24.9. The maximum Gasteiger partial charge on any atom is 0.318 e. The molecule has 0 atom stereocenters. The summed E-state index contributed by atoms with van der Waals surface area (Å²) in [6, 6.07) is 3.92. The summed E-state index contributed by atoms with van der Waals surface area (Å²) in [6.45, 7) is 8.74. The molecule has 0 spiro atoms. The van der Waals surface area contributed by atoms with E-state index in [2.05, 4.69) is 0 Å². The monoisotopic (exact) mass is 263 g/mol. The van der Waals surface area contributed by atoms with Gasteiger partial charge in [0.15, 0.2) is 0 Å². The quantitative estimate of drug-likeness (QED) is 0.853. The zero-order valence-corrected chi connectivity index (χ0v) is 12.4. The summed E-state index contributed by atoms with van der Waals surface area (Å²) < 4.78 is 0. The molecule has 0 saturated heterocycles. The van der Waals surface area contributed by atoms with Crippen molar-refractivity contribution in [1.29, 1.82) is 0 Å². The number of rotatable bonds is 3. The number of aliphatic carboxylic acids is 1. The van der Waals surface area contributed by atoms with E-state index >= 15 is 0 Å². The molecule has 0 unspecified atom stereocenters. The van der Waals surface area contributed by atoms with Crippen LogP contribution in [0.2, 0.25) is 0 Å². The number of hydrogen-bond donors (Lipinski definition) is 1. The number of carboxylic acid groups (broad SMARTS) is 1. The van der Waals surface area contributed by atoms with Crippen LogP contribution in [0.4, 0.5) is 5.69 Å². The predicted octanol–water partition coefficient (Wildman–Crippen LogP) is 2.69. The Kier molecular flexibility index (Phi) is 4.03. The number of nitrogens with zero attached hydrogens (tertiary/aromatic N) is 1. The second kappa shape index (κ2) is 5.03. The minimum Gasteiger partial charge on any atom is -0.480 e. The minimum absolute atomic E-state index is 0.425. The molecule has 0 aliphatic carbocycles. The standard InChI is InChI=1S/C15H21NO3/c1-9-7-11(3)12(8-10(9)2)16(6)13(17)15(4,5)14(18)19/h7-8H,1-6H3,(H,18,19). The summed E-state index contributed by atoms with van der Waals surface area (Å²) >= 11 is 0. The van der Waals surface area contributed by atoms with Crippen LogP contribution in [0.3, 0.4) is 0 Å². The van der Waals surface area contributed by atoms with Gasteiger partial charge in [0, 0.05) is 12.7 Å². The Morgan fingerprint density at radius 3 is 2.00 bits per heavy atom. The van der Waals surface area contributed by atoms with Crippen LogP contribution in [0.1, 0.15) is 30.5 Å². The van der Waals surface area contributed by atoms with E-state index in [4.69, 9.17) is 5.11 Å². The number of benzene rings is 1. The third-order valence-corrected chi connectivity index (χ3v) is 3.55. The lowest BCUT2D eigenvalue weighted by atomic mass is 9.91. The van der Waals surface area contributed by atoms with E-state index in [9.17, 15) is 9.59 Å². The Balaban J connectivity index is 3.21. The number of amides is 1. The molecule has 19 heavy (non-hydrogen) atoms. The molecule has 0 aliphatic rings. The number of aryl methyl sites for hydroxylation is 3. The fourth-order valence-corrected chi connectivity index (χ4v) is 1.93. The molecule has 1 rings (SSSR count). The normalized spacial score (nSPS) is 11.3. The van der Waals surface area contributed by atoms with Gasteiger partial charge < -0.3 is 10.0 Å². The van der Waals surface area contributed by atoms with E-state index in [-0.39, 0.29) is 0 Å². The van der Waals surface area contributed by atoms with Gasteiger partial charge in [-0.3, -0.25) is 9.59 Å². The Morgan fingerprint density at radius 1 is 1.05 bits per heavy atom. The first-order valence-electron chi connectivity index (χ1n) is 6.18. The molecular formula is C15H21NO3. The summed E-state index contributed by atoms with van der Waals surface area (Å²) in [6.07, 6.45) is 0. The van der Waals surface area contributed by atoms with Crippen LogP contribution in [0.15, 0.2) is 12.1 Å². The highest BCUT2D eigenvalue weighted by atomic mass is 16.4. The fourth-order valence-electron chi connectivity index (χ4n) is 1.93. The Labute approximate surface area is 114 Å². The molecule has 0 radical (unpaired) electrons. The van der Waals surface area contributed by atoms with Gasteiger partial charge in [0.25, 0.3) is 0 Å². The molecule has 0 fully saturated rings. The number of carbonyl (C=O) groups is 2. The number of carbonyl (C=O) groups excluding carboxylic acids is 1. The van der Waals surface area contributed by atoms with E-state index < -0.39 is 17.3 Å². The van der Waals surface area contributed by atoms with Gasteiger partial charge in [-0.05, 0) is 57.4 Å². The molecule has 1 amide bonds. The smallest absolute Gasteiger partial charge is 0.318 e. The van der Waals surface area contributed by atoms with Crippen molar-refractivity contribution in [3.8, 4) is 0 Å². The van der Waals surface area contributed by atoms with Crippen molar-refractivity contribution in [2.75, 3.05) is 11.9 Å². The summed E-state index contributed by atoms with van der Waals surface area (Å²) in [7, 11) is 1.62. The van der Waals surface area contributed by atoms with Gasteiger partial charge in [0.05, 0.1) is 0 Å². The molecule has 1 N–H and O–H groups in total. The summed E-state index contributed by atoms with van der Waals surface area (Å²) in [5.41, 5.74) is 2.51. The maximum absolute atomic E-state index is 12.3. The Morgan fingerprint density at radius 2 is 1.53 bits per heavy atom. The first kappa shape index (κ1) is 15.2. The molecule has 4 nitrogen and oxygen atoms in total. The second-order valence-corrected chi connectivity index (χ2v) is 5.52. The van der Waals surface area contributed by atoms with Crippen LogP contribution in [0.25, 0.3) is 0 Å². The van der Waals surface area contributed by atoms with E-state index in [0.717, 1.165) is 22.4 Å². The van der Waals surface area contributed by atoms with Gasteiger partial charge in [0.1, 0.15) is 5.41 Å². The van der Waals surface area contributed by atoms with Crippen molar-refractivity contribution < 1.29 is 14.7 Å². The third-order valence-electron chi connectivity index (χ3n) is 3.55. The van der Waals surface area contributed by atoms with Crippen LogP contribution >= 0.6 is 0 Å². The Bertz CT molecular complexity index is 532.